The number of urea groups is 1. The average molecular weight is 357 g/mol. The Labute approximate surface area is 156 Å². The monoisotopic (exact) mass is 357 g/mol. The lowest BCUT2D eigenvalue weighted by Crippen LogP contribution is -2.46. The van der Waals surface area contributed by atoms with Crippen molar-refractivity contribution in [2.45, 2.75) is 76.0 Å². The third-order valence-electron chi connectivity index (χ3n) is 6.17. The van der Waals surface area contributed by atoms with Gasteiger partial charge in [0.05, 0.1) is 0 Å². The Kier molecular flexibility index (Phi) is 5.63. The van der Waals surface area contributed by atoms with Gasteiger partial charge in [0.15, 0.2) is 0 Å². The normalized spacial score (nSPS) is 22.8. The number of anilines is 1. The molecule has 1 heterocycles. The Morgan fingerprint density at radius 1 is 0.923 bits per heavy atom. The summed E-state index contributed by atoms with van der Waals surface area (Å²) in [5, 5.41) is 5.96. The molecule has 1 aliphatic heterocycles. The number of piperidine rings is 1. The van der Waals surface area contributed by atoms with E-state index in [9.17, 15) is 4.79 Å². The molecule has 0 bridgehead atoms. The number of nitrogens with zero attached hydrogens (tertiary/aromatic N) is 1. The Balaban J connectivity index is 1.21. The van der Waals surface area contributed by atoms with Crippen LogP contribution in [-0.2, 0) is 0 Å². The van der Waals surface area contributed by atoms with E-state index in [0.717, 1.165) is 56.3 Å². The zero-order valence-corrected chi connectivity index (χ0v) is 15.6. The lowest BCUT2D eigenvalue weighted by Gasteiger charge is -2.41. The third-order valence-corrected chi connectivity index (χ3v) is 6.17. The number of ether oxygens (including phenoxy) is 1. The van der Waals surface area contributed by atoms with Gasteiger partial charge >= 0.3 is 6.03 Å². The maximum Gasteiger partial charge on any atom is 0.319 e. The number of benzene rings is 1. The standard InChI is InChI=1S/C21H31N3O2/c25-21(22-16-4-1-2-5-16)23-17-8-10-19(11-9-17)26-20-12-14-24(15-13-20)18-6-3-7-18/h8-11,16,18,20H,1-7,12-15H2,(H2,22,23,25). The number of amides is 2. The van der Waals surface area contributed by atoms with Gasteiger partial charge in [-0.2, -0.15) is 0 Å². The van der Waals surface area contributed by atoms with Gasteiger partial charge in [0.1, 0.15) is 11.9 Å². The highest BCUT2D eigenvalue weighted by atomic mass is 16.5. The molecule has 142 valence electrons. The fourth-order valence-corrected chi connectivity index (χ4v) is 4.34. The summed E-state index contributed by atoms with van der Waals surface area (Å²) in [6, 6.07) is 8.85. The van der Waals surface area contributed by atoms with Gasteiger partial charge in [-0.1, -0.05) is 19.3 Å². The summed E-state index contributed by atoms with van der Waals surface area (Å²) in [6.07, 6.45) is 11.3. The van der Waals surface area contributed by atoms with Crippen LogP contribution in [0.1, 0.15) is 57.8 Å². The number of hydrogen-bond donors (Lipinski definition) is 2. The van der Waals surface area contributed by atoms with Crippen LogP contribution in [0, 0.1) is 0 Å². The van der Waals surface area contributed by atoms with Crippen molar-refractivity contribution >= 4 is 11.7 Å². The van der Waals surface area contributed by atoms with Crippen LogP contribution in [0.4, 0.5) is 10.5 Å². The molecule has 3 aliphatic rings. The number of carbonyl (C=O) groups is 1. The molecule has 26 heavy (non-hydrogen) atoms. The molecule has 2 saturated carbocycles. The molecule has 1 aromatic rings. The van der Waals surface area contributed by atoms with Gasteiger partial charge in [0.2, 0.25) is 0 Å². The number of nitrogens with one attached hydrogen (secondary N) is 2. The number of hydrogen-bond acceptors (Lipinski definition) is 3. The summed E-state index contributed by atoms with van der Waals surface area (Å²) in [6.45, 7) is 2.33. The Bertz CT molecular complexity index is 586. The second-order valence-corrected chi connectivity index (χ2v) is 8.04. The predicted molar refractivity (Wildman–Crippen MR) is 104 cm³/mol. The van der Waals surface area contributed by atoms with Crippen LogP contribution in [0.5, 0.6) is 5.75 Å². The lowest BCUT2D eigenvalue weighted by molar-refractivity contribution is 0.0493. The fourth-order valence-electron chi connectivity index (χ4n) is 4.34. The summed E-state index contributed by atoms with van der Waals surface area (Å²) in [5.41, 5.74) is 0.813. The van der Waals surface area contributed by atoms with Crippen LogP contribution in [0.25, 0.3) is 0 Å². The highest BCUT2D eigenvalue weighted by Gasteiger charge is 2.29. The molecule has 0 atom stereocenters. The zero-order valence-electron chi connectivity index (χ0n) is 15.6. The molecule has 0 unspecified atom stereocenters. The van der Waals surface area contributed by atoms with Crippen LogP contribution in [-0.4, -0.2) is 42.2 Å². The average Bonchev–Trinajstić information content (AvgIpc) is 3.10. The van der Waals surface area contributed by atoms with E-state index in [1.165, 1.54) is 32.1 Å². The topological polar surface area (TPSA) is 53.6 Å². The molecule has 2 amide bonds. The summed E-state index contributed by atoms with van der Waals surface area (Å²) in [7, 11) is 0. The Hall–Kier alpha value is -1.75. The quantitative estimate of drug-likeness (QED) is 0.832. The van der Waals surface area contributed by atoms with E-state index < -0.39 is 0 Å². The molecule has 4 rings (SSSR count). The highest BCUT2D eigenvalue weighted by molar-refractivity contribution is 5.89. The largest absolute Gasteiger partial charge is 0.490 e. The fraction of sp³-hybridized carbons (Fsp3) is 0.667. The lowest BCUT2D eigenvalue weighted by atomic mass is 9.90. The first-order valence-corrected chi connectivity index (χ1v) is 10.3. The summed E-state index contributed by atoms with van der Waals surface area (Å²) < 4.78 is 6.15. The Morgan fingerprint density at radius 3 is 2.23 bits per heavy atom. The molecule has 3 fully saturated rings. The molecule has 1 aromatic carbocycles. The SMILES string of the molecule is O=C(Nc1ccc(OC2CCN(C3CCC3)CC2)cc1)NC1CCCC1. The van der Waals surface area contributed by atoms with Crippen LogP contribution in [0.2, 0.25) is 0 Å². The molecule has 5 heteroatoms. The van der Waals surface area contributed by atoms with Crippen molar-refractivity contribution in [3.8, 4) is 5.75 Å². The van der Waals surface area contributed by atoms with Gasteiger partial charge in [-0.15, -0.1) is 0 Å². The maximum atomic E-state index is 12.0. The van der Waals surface area contributed by atoms with Gasteiger partial charge in [0.25, 0.3) is 0 Å². The molecule has 2 N–H and O–H groups in total. The first kappa shape index (κ1) is 17.7. The summed E-state index contributed by atoms with van der Waals surface area (Å²) in [4.78, 5) is 14.7. The summed E-state index contributed by atoms with van der Waals surface area (Å²) in [5.74, 6) is 0.897. The van der Waals surface area contributed by atoms with Crippen molar-refractivity contribution in [3.05, 3.63) is 24.3 Å². The van der Waals surface area contributed by atoms with Crippen molar-refractivity contribution in [1.29, 1.82) is 0 Å². The molecule has 0 aromatic heterocycles. The van der Waals surface area contributed by atoms with Gasteiger partial charge in [0, 0.05) is 30.9 Å². The first-order chi connectivity index (χ1) is 12.8. The highest BCUT2D eigenvalue weighted by Crippen LogP contribution is 2.28. The minimum Gasteiger partial charge on any atom is -0.490 e. The molecular formula is C21H31N3O2. The van der Waals surface area contributed by atoms with Crippen LogP contribution in [0.15, 0.2) is 24.3 Å². The number of carbonyl (C=O) groups excluding carboxylic acids is 1. The van der Waals surface area contributed by atoms with Crippen LogP contribution in [0.3, 0.4) is 0 Å². The minimum absolute atomic E-state index is 0.103. The molecule has 0 radical (unpaired) electrons. The van der Waals surface area contributed by atoms with Gasteiger partial charge in [-0.25, -0.2) is 4.79 Å². The number of likely N-dealkylation sites (tertiary alicyclic amines) is 1. The zero-order chi connectivity index (χ0) is 17.8. The molecule has 1 saturated heterocycles. The van der Waals surface area contributed by atoms with E-state index in [0.29, 0.717) is 12.1 Å². The van der Waals surface area contributed by atoms with E-state index >= 15 is 0 Å². The van der Waals surface area contributed by atoms with Gasteiger partial charge in [-0.3, -0.25) is 0 Å². The second-order valence-electron chi connectivity index (χ2n) is 8.04. The minimum atomic E-state index is -0.103. The molecule has 5 nitrogen and oxygen atoms in total. The van der Waals surface area contributed by atoms with E-state index in [1.54, 1.807) is 0 Å². The van der Waals surface area contributed by atoms with Crippen molar-refractivity contribution in [2.24, 2.45) is 0 Å². The van der Waals surface area contributed by atoms with E-state index in [4.69, 9.17) is 4.74 Å². The van der Waals surface area contributed by atoms with Gasteiger partial charge in [-0.05, 0) is 62.8 Å². The van der Waals surface area contributed by atoms with E-state index in [-0.39, 0.29) is 6.03 Å². The van der Waals surface area contributed by atoms with Crippen LogP contribution >= 0.6 is 0 Å². The van der Waals surface area contributed by atoms with Crippen molar-refractivity contribution in [2.75, 3.05) is 18.4 Å². The second kappa shape index (κ2) is 8.30. The summed E-state index contributed by atoms with van der Waals surface area (Å²) >= 11 is 0. The van der Waals surface area contributed by atoms with Crippen molar-refractivity contribution < 1.29 is 9.53 Å². The molecular weight excluding hydrogens is 326 g/mol. The van der Waals surface area contributed by atoms with Crippen molar-refractivity contribution in [1.82, 2.24) is 10.2 Å². The van der Waals surface area contributed by atoms with E-state index in [2.05, 4.69) is 15.5 Å². The molecule has 2 aliphatic carbocycles. The van der Waals surface area contributed by atoms with Crippen molar-refractivity contribution in [3.63, 3.8) is 0 Å². The maximum absolute atomic E-state index is 12.0. The molecule has 0 spiro atoms. The van der Waals surface area contributed by atoms with Crippen LogP contribution < -0.4 is 15.4 Å². The van der Waals surface area contributed by atoms with Gasteiger partial charge < -0.3 is 20.3 Å². The number of rotatable bonds is 5. The first-order valence-electron chi connectivity index (χ1n) is 10.3. The third kappa shape index (κ3) is 4.50. The predicted octanol–water partition coefficient (Wildman–Crippen LogP) is 4.15. The Morgan fingerprint density at radius 2 is 1.62 bits per heavy atom. The smallest absolute Gasteiger partial charge is 0.319 e. The van der Waals surface area contributed by atoms with E-state index in [1.807, 2.05) is 24.3 Å².